The minimum atomic E-state index is 0.965. The molecule has 2 rings (SSSR count). The molecule has 1 aromatic carbocycles. The van der Waals surface area contributed by atoms with E-state index in [1.807, 2.05) is 36.7 Å². The van der Waals surface area contributed by atoms with Gasteiger partial charge >= 0.3 is 0 Å². The Balaban J connectivity index is 1.77. The van der Waals surface area contributed by atoms with Gasteiger partial charge in [0.1, 0.15) is 5.82 Å². The first-order valence-corrected chi connectivity index (χ1v) is 7.67. The second kappa shape index (κ2) is 8.47. The van der Waals surface area contributed by atoms with Crippen LogP contribution in [0.5, 0.6) is 0 Å². The van der Waals surface area contributed by atoms with Crippen molar-refractivity contribution in [3.05, 3.63) is 48.5 Å². The third kappa shape index (κ3) is 4.76. The van der Waals surface area contributed by atoms with Crippen LogP contribution >= 0.6 is 0 Å². The zero-order valence-corrected chi connectivity index (χ0v) is 12.3. The molecule has 1 heterocycles. The first-order chi connectivity index (χ1) is 9.90. The van der Waals surface area contributed by atoms with E-state index >= 15 is 0 Å². The Hall–Kier alpha value is -1.70. The lowest BCUT2D eigenvalue weighted by atomic mass is 10.1. The molecule has 0 saturated carbocycles. The average molecular weight is 267 g/mol. The Kier molecular flexibility index (Phi) is 6.22. The molecule has 2 nitrogen and oxygen atoms in total. The van der Waals surface area contributed by atoms with Crippen LogP contribution in [0.2, 0.25) is 0 Å². The quantitative estimate of drug-likeness (QED) is 0.639. The summed E-state index contributed by atoms with van der Waals surface area (Å²) in [6.07, 6.45) is 12.7. The van der Waals surface area contributed by atoms with E-state index in [-0.39, 0.29) is 0 Å². The topological polar surface area (TPSA) is 25.8 Å². The maximum absolute atomic E-state index is 4.47. The maximum atomic E-state index is 4.47. The van der Waals surface area contributed by atoms with Crippen LogP contribution in [0.25, 0.3) is 11.1 Å². The summed E-state index contributed by atoms with van der Waals surface area (Å²) in [5, 5.41) is 0. The summed E-state index contributed by atoms with van der Waals surface area (Å²) in [6, 6.07) is 10.9. The highest BCUT2D eigenvalue weighted by molar-refractivity contribution is 5.60. The van der Waals surface area contributed by atoms with Gasteiger partial charge in [-0.15, -0.1) is 0 Å². The van der Waals surface area contributed by atoms with Gasteiger partial charge in [-0.1, -0.05) is 63.3 Å². The van der Waals surface area contributed by atoms with Gasteiger partial charge in [0.25, 0.3) is 0 Å². The van der Waals surface area contributed by atoms with Gasteiger partial charge in [0.15, 0.2) is 0 Å². The zero-order chi connectivity index (χ0) is 14.0. The normalized spacial score (nSPS) is 10.7. The zero-order valence-electron chi connectivity index (χ0n) is 12.3. The Labute approximate surface area is 122 Å². The molecular weight excluding hydrogens is 244 g/mol. The molecule has 0 N–H and O–H groups in total. The fraction of sp³-hybridized carbons (Fsp3) is 0.444. The lowest BCUT2D eigenvalue weighted by molar-refractivity contribution is 0.601. The van der Waals surface area contributed by atoms with Crippen LogP contribution in [0.4, 0.5) is 0 Å². The summed E-state index contributed by atoms with van der Waals surface area (Å²) in [4.78, 5) is 8.94. The van der Waals surface area contributed by atoms with Crippen molar-refractivity contribution < 1.29 is 0 Å². The van der Waals surface area contributed by atoms with E-state index in [9.17, 15) is 0 Å². The average Bonchev–Trinajstić information content (AvgIpc) is 2.52. The van der Waals surface area contributed by atoms with Gasteiger partial charge in [-0.25, -0.2) is 9.97 Å². The Morgan fingerprint density at radius 1 is 0.850 bits per heavy atom. The Morgan fingerprint density at radius 3 is 2.20 bits per heavy atom. The van der Waals surface area contributed by atoms with Crippen LogP contribution in [-0.4, -0.2) is 9.97 Å². The molecule has 0 fully saturated rings. The van der Waals surface area contributed by atoms with Crippen molar-refractivity contribution >= 4 is 0 Å². The van der Waals surface area contributed by atoms with Gasteiger partial charge in [0, 0.05) is 24.4 Å². The Morgan fingerprint density at radius 2 is 1.50 bits per heavy atom. The smallest absolute Gasteiger partial charge is 0.128 e. The number of unbranched alkanes of at least 4 members (excludes halogenated alkanes) is 5. The summed E-state index contributed by atoms with van der Waals surface area (Å²) in [6.45, 7) is 2.25. The second-order valence-corrected chi connectivity index (χ2v) is 5.19. The summed E-state index contributed by atoms with van der Waals surface area (Å²) in [5.74, 6) is 0.965. The van der Waals surface area contributed by atoms with Gasteiger partial charge in [0.05, 0.1) is 0 Å². The molecule has 2 heteroatoms. The van der Waals surface area contributed by atoms with E-state index in [0.717, 1.165) is 23.4 Å². The van der Waals surface area contributed by atoms with E-state index in [0.29, 0.717) is 0 Å². The van der Waals surface area contributed by atoms with E-state index in [1.165, 1.54) is 38.5 Å². The lowest BCUT2D eigenvalue weighted by Crippen LogP contribution is -1.95. The number of hydrogen-bond donors (Lipinski definition) is 0. The highest BCUT2D eigenvalue weighted by Crippen LogP contribution is 2.16. The van der Waals surface area contributed by atoms with E-state index in [1.54, 1.807) is 0 Å². The standard InChI is InChI=1S/C18H23N2/c1-2-3-4-5-6-10-13-18-19-14-17(15-20-18)16-11-8-7-9-12-16/h8-9,11-12,14-15H,2-6,10,13H2,1H3. The van der Waals surface area contributed by atoms with Crippen molar-refractivity contribution in [3.8, 4) is 11.1 Å². The fourth-order valence-corrected chi connectivity index (χ4v) is 2.28. The van der Waals surface area contributed by atoms with Crippen LogP contribution < -0.4 is 0 Å². The van der Waals surface area contributed by atoms with Crippen LogP contribution in [-0.2, 0) is 6.42 Å². The first-order valence-electron chi connectivity index (χ1n) is 7.67. The Bertz CT molecular complexity index is 477. The number of rotatable bonds is 8. The number of nitrogens with zero attached hydrogens (tertiary/aromatic N) is 2. The van der Waals surface area contributed by atoms with E-state index in [2.05, 4.69) is 23.0 Å². The number of hydrogen-bond acceptors (Lipinski definition) is 2. The molecule has 0 spiro atoms. The van der Waals surface area contributed by atoms with Gasteiger partial charge in [-0.05, 0) is 18.1 Å². The molecule has 0 amide bonds. The van der Waals surface area contributed by atoms with Crippen molar-refractivity contribution in [2.24, 2.45) is 0 Å². The largest absolute Gasteiger partial charge is 0.241 e. The number of aryl methyl sites for hydroxylation is 1. The van der Waals surface area contributed by atoms with Gasteiger partial charge in [-0.3, -0.25) is 0 Å². The highest BCUT2D eigenvalue weighted by atomic mass is 14.9. The molecule has 0 unspecified atom stereocenters. The third-order valence-electron chi connectivity index (χ3n) is 3.51. The highest BCUT2D eigenvalue weighted by Gasteiger charge is 2.00. The molecule has 0 aliphatic heterocycles. The van der Waals surface area contributed by atoms with Crippen LogP contribution in [0.1, 0.15) is 51.3 Å². The first kappa shape index (κ1) is 14.7. The van der Waals surface area contributed by atoms with Gasteiger partial charge in [0.2, 0.25) is 0 Å². The predicted molar refractivity (Wildman–Crippen MR) is 83.4 cm³/mol. The van der Waals surface area contributed by atoms with Crippen LogP contribution in [0.3, 0.4) is 0 Å². The van der Waals surface area contributed by atoms with Crippen molar-refractivity contribution in [1.29, 1.82) is 0 Å². The summed E-state index contributed by atoms with van der Waals surface area (Å²) in [7, 11) is 0. The molecule has 2 aromatic rings. The molecular formula is C18H23N2. The molecule has 0 saturated heterocycles. The second-order valence-electron chi connectivity index (χ2n) is 5.19. The lowest BCUT2D eigenvalue weighted by Gasteiger charge is -2.03. The third-order valence-corrected chi connectivity index (χ3v) is 3.51. The van der Waals surface area contributed by atoms with Crippen molar-refractivity contribution in [3.63, 3.8) is 0 Å². The van der Waals surface area contributed by atoms with Gasteiger partial charge < -0.3 is 0 Å². The van der Waals surface area contributed by atoms with Crippen LogP contribution in [0, 0.1) is 6.07 Å². The summed E-state index contributed by atoms with van der Waals surface area (Å²) in [5.41, 5.74) is 2.22. The van der Waals surface area contributed by atoms with E-state index in [4.69, 9.17) is 0 Å². The predicted octanol–water partition coefficient (Wildman–Crippen LogP) is 4.85. The summed E-state index contributed by atoms with van der Waals surface area (Å²) >= 11 is 0. The number of aromatic nitrogens is 2. The van der Waals surface area contributed by atoms with Crippen molar-refractivity contribution in [2.75, 3.05) is 0 Å². The summed E-state index contributed by atoms with van der Waals surface area (Å²) < 4.78 is 0. The molecule has 0 aliphatic carbocycles. The fourth-order valence-electron chi connectivity index (χ4n) is 2.28. The molecule has 0 aliphatic rings. The number of benzene rings is 1. The minimum Gasteiger partial charge on any atom is -0.241 e. The molecule has 1 aromatic heterocycles. The van der Waals surface area contributed by atoms with E-state index < -0.39 is 0 Å². The molecule has 0 atom stereocenters. The van der Waals surface area contributed by atoms with Crippen molar-refractivity contribution in [1.82, 2.24) is 9.97 Å². The monoisotopic (exact) mass is 267 g/mol. The van der Waals surface area contributed by atoms with Gasteiger partial charge in [-0.2, -0.15) is 0 Å². The molecule has 1 radical (unpaired) electrons. The molecule has 0 bridgehead atoms. The van der Waals surface area contributed by atoms with Crippen molar-refractivity contribution in [2.45, 2.75) is 51.9 Å². The molecule has 105 valence electrons. The molecule has 20 heavy (non-hydrogen) atoms. The minimum absolute atomic E-state index is 0.965. The SMILES string of the molecule is CCCCCCCCc1ncc(-c2cc[c]cc2)cn1. The maximum Gasteiger partial charge on any atom is 0.128 e. The van der Waals surface area contributed by atoms with Crippen LogP contribution in [0.15, 0.2) is 36.7 Å².